The van der Waals surface area contributed by atoms with Crippen molar-refractivity contribution in [3.05, 3.63) is 66.0 Å². The average Bonchev–Trinajstić information content (AvgIpc) is 2.54. The van der Waals surface area contributed by atoms with Gasteiger partial charge in [-0.2, -0.15) is 0 Å². The third kappa shape index (κ3) is 2.69. The fourth-order valence-corrected chi connectivity index (χ4v) is 2.17. The maximum Gasteiger partial charge on any atom is 0.342 e. The lowest BCUT2D eigenvalue weighted by atomic mass is 10.1. The van der Waals surface area contributed by atoms with Crippen LogP contribution in [0.1, 0.15) is 15.9 Å². The van der Waals surface area contributed by atoms with Gasteiger partial charge in [0.25, 0.3) is 0 Å². The van der Waals surface area contributed by atoms with Crippen LogP contribution in [0.2, 0.25) is 0 Å². The van der Waals surface area contributed by atoms with Crippen LogP contribution in [0.25, 0.3) is 10.8 Å². The minimum absolute atomic E-state index is 0.0445. The molecular weight excluding hydrogens is 282 g/mol. The fraction of sp³-hybridized carbons (Fsp3) is 0.0588. The fourth-order valence-electron chi connectivity index (χ4n) is 2.17. The Morgan fingerprint density at radius 3 is 2.73 bits per heavy atom. The Kier molecular flexibility index (Phi) is 3.62. The van der Waals surface area contributed by atoms with E-state index in [1.165, 1.54) is 18.2 Å². The molecule has 0 radical (unpaired) electrons. The number of hydrogen-bond acceptors (Lipinski definition) is 5. The predicted molar refractivity (Wildman–Crippen MR) is 80.6 cm³/mol. The van der Waals surface area contributed by atoms with Gasteiger partial charge < -0.3 is 14.9 Å². The van der Waals surface area contributed by atoms with E-state index in [2.05, 4.69) is 4.98 Å². The van der Waals surface area contributed by atoms with Gasteiger partial charge in [-0.1, -0.05) is 18.2 Å². The Labute approximate surface area is 126 Å². The van der Waals surface area contributed by atoms with E-state index in [0.717, 1.165) is 5.56 Å². The molecule has 0 saturated heterocycles. The molecule has 22 heavy (non-hydrogen) atoms. The Hall–Kier alpha value is -3.08. The maximum atomic E-state index is 12.1. The third-order valence-corrected chi connectivity index (χ3v) is 3.29. The molecule has 2 aromatic carbocycles. The molecule has 5 heteroatoms. The van der Waals surface area contributed by atoms with Crippen LogP contribution in [-0.4, -0.2) is 21.2 Å². The summed E-state index contributed by atoms with van der Waals surface area (Å²) in [5.41, 5.74) is 0.816. The zero-order valence-corrected chi connectivity index (χ0v) is 11.6. The van der Waals surface area contributed by atoms with E-state index in [-0.39, 0.29) is 23.7 Å². The second-order valence-corrected chi connectivity index (χ2v) is 4.81. The first-order valence-electron chi connectivity index (χ1n) is 6.66. The van der Waals surface area contributed by atoms with Crippen molar-refractivity contribution in [1.82, 2.24) is 4.98 Å². The summed E-state index contributed by atoms with van der Waals surface area (Å²) in [5, 5.41) is 20.8. The molecule has 0 amide bonds. The zero-order valence-electron chi connectivity index (χ0n) is 11.6. The van der Waals surface area contributed by atoms with Crippen LogP contribution in [-0.2, 0) is 11.3 Å². The van der Waals surface area contributed by atoms with Gasteiger partial charge in [0.1, 0.15) is 23.7 Å². The van der Waals surface area contributed by atoms with Gasteiger partial charge in [-0.05, 0) is 29.7 Å². The standard InChI is InChI=1S/C17H13NO4/c19-15-5-1-4-12-7-14(16(20)8-13(12)15)17(21)22-10-11-3-2-6-18-9-11/h1-9,19-20H,10H2. The molecular formula is C17H13NO4. The minimum atomic E-state index is -0.633. The monoisotopic (exact) mass is 295 g/mol. The molecule has 0 aliphatic rings. The van der Waals surface area contributed by atoms with Gasteiger partial charge in [-0.3, -0.25) is 4.98 Å². The van der Waals surface area contributed by atoms with Crippen LogP contribution < -0.4 is 0 Å². The van der Waals surface area contributed by atoms with Crippen molar-refractivity contribution in [1.29, 1.82) is 0 Å². The van der Waals surface area contributed by atoms with Gasteiger partial charge in [-0.25, -0.2) is 4.79 Å². The molecule has 0 bridgehead atoms. The highest BCUT2D eigenvalue weighted by Gasteiger charge is 2.15. The van der Waals surface area contributed by atoms with E-state index in [1.807, 2.05) is 0 Å². The van der Waals surface area contributed by atoms with Gasteiger partial charge in [0.2, 0.25) is 0 Å². The number of hydrogen-bond donors (Lipinski definition) is 2. The van der Waals surface area contributed by atoms with Crippen molar-refractivity contribution in [2.24, 2.45) is 0 Å². The number of carbonyl (C=O) groups excluding carboxylic acids is 1. The second-order valence-electron chi connectivity index (χ2n) is 4.81. The molecule has 0 unspecified atom stereocenters. The van der Waals surface area contributed by atoms with Crippen LogP contribution >= 0.6 is 0 Å². The molecule has 5 nitrogen and oxygen atoms in total. The van der Waals surface area contributed by atoms with Crippen molar-refractivity contribution in [3.8, 4) is 11.5 Å². The SMILES string of the molecule is O=C(OCc1cccnc1)c1cc2cccc(O)c2cc1O. The van der Waals surface area contributed by atoms with Crippen LogP contribution in [0.5, 0.6) is 11.5 Å². The number of pyridine rings is 1. The van der Waals surface area contributed by atoms with Crippen LogP contribution in [0.15, 0.2) is 54.9 Å². The molecule has 3 rings (SSSR count). The number of phenolic OH excluding ortho intramolecular Hbond substituents is 2. The summed E-state index contributed by atoms with van der Waals surface area (Å²) < 4.78 is 5.17. The number of ether oxygens (including phenoxy) is 1. The summed E-state index contributed by atoms with van der Waals surface area (Å²) in [7, 11) is 0. The first-order chi connectivity index (χ1) is 10.6. The van der Waals surface area contributed by atoms with E-state index in [0.29, 0.717) is 10.8 Å². The van der Waals surface area contributed by atoms with E-state index in [4.69, 9.17) is 4.74 Å². The van der Waals surface area contributed by atoms with Crippen LogP contribution in [0.4, 0.5) is 0 Å². The van der Waals surface area contributed by atoms with E-state index >= 15 is 0 Å². The van der Waals surface area contributed by atoms with Crippen molar-refractivity contribution < 1.29 is 19.7 Å². The summed E-state index contributed by atoms with van der Waals surface area (Å²) in [4.78, 5) is 16.0. The maximum absolute atomic E-state index is 12.1. The average molecular weight is 295 g/mol. The number of fused-ring (bicyclic) bond motifs is 1. The van der Waals surface area contributed by atoms with Crippen molar-refractivity contribution in [2.75, 3.05) is 0 Å². The minimum Gasteiger partial charge on any atom is -0.507 e. The number of rotatable bonds is 3. The number of carbonyl (C=O) groups is 1. The Morgan fingerprint density at radius 1 is 1.09 bits per heavy atom. The number of nitrogens with zero attached hydrogens (tertiary/aromatic N) is 1. The smallest absolute Gasteiger partial charge is 0.342 e. The van der Waals surface area contributed by atoms with Crippen LogP contribution in [0.3, 0.4) is 0 Å². The lowest BCUT2D eigenvalue weighted by Gasteiger charge is -2.08. The first-order valence-corrected chi connectivity index (χ1v) is 6.66. The quantitative estimate of drug-likeness (QED) is 0.726. The van der Waals surface area contributed by atoms with Crippen LogP contribution in [0, 0.1) is 0 Å². The number of phenols is 2. The first kappa shape index (κ1) is 13.9. The van der Waals surface area contributed by atoms with Gasteiger partial charge in [0.05, 0.1) is 0 Å². The number of esters is 1. The molecule has 0 spiro atoms. The third-order valence-electron chi connectivity index (χ3n) is 3.29. The predicted octanol–water partition coefficient (Wildman–Crippen LogP) is 3.00. The summed E-state index contributed by atoms with van der Waals surface area (Å²) >= 11 is 0. The summed E-state index contributed by atoms with van der Waals surface area (Å²) in [6.45, 7) is 0.0736. The summed E-state index contributed by atoms with van der Waals surface area (Å²) in [5.74, 6) is -0.820. The van der Waals surface area contributed by atoms with E-state index in [1.54, 1.807) is 36.7 Å². The Bertz CT molecular complexity index is 831. The molecule has 3 aromatic rings. The van der Waals surface area contributed by atoms with Gasteiger partial charge in [0, 0.05) is 23.3 Å². The van der Waals surface area contributed by atoms with E-state index in [9.17, 15) is 15.0 Å². The molecule has 2 N–H and O–H groups in total. The second kappa shape index (κ2) is 5.73. The highest BCUT2D eigenvalue weighted by molar-refractivity contribution is 6.00. The molecule has 0 saturated carbocycles. The zero-order chi connectivity index (χ0) is 15.5. The van der Waals surface area contributed by atoms with Crippen molar-refractivity contribution in [3.63, 3.8) is 0 Å². The lowest BCUT2D eigenvalue weighted by molar-refractivity contribution is 0.0469. The molecule has 1 heterocycles. The molecule has 110 valence electrons. The van der Waals surface area contributed by atoms with Gasteiger partial charge >= 0.3 is 5.97 Å². The molecule has 0 aliphatic carbocycles. The number of aromatic hydroxyl groups is 2. The van der Waals surface area contributed by atoms with E-state index < -0.39 is 5.97 Å². The van der Waals surface area contributed by atoms with Gasteiger partial charge in [-0.15, -0.1) is 0 Å². The largest absolute Gasteiger partial charge is 0.507 e. The van der Waals surface area contributed by atoms with Crippen molar-refractivity contribution in [2.45, 2.75) is 6.61 Å². The Balaban J connectivity index is 1.86. The molecule has 0 atom stereocenters. The normalized spacial score (nSPS) is 10.5. The topological polar surface area (TPSA) is 79.7 Å². The Morgan fingerprint density at radius 2 is 1.95 bits per heavy atom. The molecule has 0 aliphatic heterocycles. The highest BCUT2D eigenvalue weighted by Crippen LogP contribution is 2.31. The highest BCUT2D eigenvalue weighted by atomic mass is 16.5. The molecule has 0 fully saturated rings. The number of aromatic nitrogens is 1. The summed E-state index contributed by atoms with van der Waals surface area (Å²) in [6, 6.07) is 11.3. The lowest BCUT2D eigenvalue weighted by Crippen LogP contribution is -2.05. The molecule has 1 aromatic heterocycles. The van der Waals surface area contributed by atoms with Crippen molar-refractivity contribution >= 4 is 16.7 Å². The van der Waals surface area contributed by atoms with Gasteiger partial charge in [0.15, 0.2) is 0 Å². The summed E-state index contributed by atoms with van der Waals surface area (Å²) in [6.07, 6.45) is 3.23. The number of benzene rings is 2.